The van der Waals surface area contributed by atoms with E-state index in [1.807, 2.05) is 37.3 Å². The van der Waals surface area contributed by atoms with Crippen LogP contribution in [0.3, 0.4) is 0 Å². The maximum Gasteiger partial charge on any atom is 0.303 e. The molecule has 0 unspecified atom stereocenters. The van der Waals surface area contributed by atoms with Gasteiger partial charge in [0.15, 0.2) is 6.10 Å². The van der Waals surface area contributed by atoms with Gasteiger partial charge in [0.2, 0.25) is 0 Å². The van der Waals surface area contributed by atoms with Gasteiger partial charge in [0.05, 0.1) is 0 Å². The van der Waals surface area contributed by atoms with Gasteiger partial charge in [-0.2, -0.15) is 0 Å². The van der Waals surface area contributed by atoms with Crippen LogP contribution in [0, 0.1) is 0 Å². The summed E-state index contributed by atoms with van der Waals surface area (Å²) in [6, 6.07) is 9.16. The molecule has 0 aliphatic rings. The fourth-order valence-electron chi connectivity index (χ4n) is 1.82. The van der Waals surface area contributed by atoms with Crippen LogP contribution in [0.1, 0.15) is 25.8 Å². The molecule has 0 radical (unpaired) electrons. The molecule has 1 aromatic rings. The number of ether oxygens (including phenoxy) is 1. The Labute approximate surface area is 102 Å². The number of rotatable bonds is 5. The molecule has 17 heavy (non-hydrogen) atoms. The number of carbonyl (C=O) groups excluding carboxylic acids is 1. The zero-order valence-electron chi connectivity index (χ0n) is 10.2. The second-order valence-electron chi connectivity index (χ2n) is 3.91. The first kappa shape index (κ1) is 13.5. The van der Waals surface area contributed by atoms with Gasteiger partial charge in [-0.15, -0.1) is 0 Å². The lowest BCUT2D eigenvalue weighted by molar-refractivity contribution is -0.158. The SMILES string of the molecule is C=C[C@@H](OC(C)=O)[C@@](O)(CC)c1ccccc1. The highest BCUT2D eigenvalue weighted by Crippen LogP contribution is 2.31. The molecule has 0 heterocycles. The van der Waals surface area contributed by atoms with Crippen LogP contribution in [0.25, 0.3) is 0 Å². The van der Waals surface area contributed by atoms with Crippen molar-refractivity contribution in [2.45, 2.75) is 32.0 Å². The predicted octanol–water partition coefficient (Wildman–Crippen LogP) is 2.40. The van der Waals surface area contributed by atoms with Gasteiger partial charge in [0, 0.05) is 6.92 Å². The van der Waals surface area contributed by atoms with Crippen molar-refractivity contribution in [3.8, 4) is 0 Å². The van der Waals surface area contributed by atoms with Crippen LogP contribution in [0.15, 0.2) is 43.0 Å². The molecular weight excluding hydrogens is 216 g/mol. The maximum absolute atomic E-state index is 11.0. The molecule has 0 saturated carbocycles. The van der Waals surface area contributed by atoms with Crippen molar-refractivity contribution >= 4 is 5.97 Å². The Morgan fingerprint density at radius 2 is 2.12 bits per heavy atom. The van der Waals surface area contributed by atoms with E-state index in [9.17, 15) is 9.90 Å². The van der Waals surface area contributed by atoms with Crippen LogP contribution in [-0.2, 0) is 15.1 Å². The quantitative estimate of drug-likeness (QED) is 0.628. The minimum Gasteiger partial charge on any atom is -0.455 e. The van der Waals surface area contributed by atoms with Gasteiger partial charge in [-0.25, -0.2) is 0 Å². The van der Waals surface area contributed by atoms with Crippen molar-refractivity contribution in [1.82, 2.24) is 0 Å². The molecular formula is C14H18O3. The number of benzene rings is 1. The van der Waals surface area contributed by atoms with E-state index >= 15 is 0 Å². The van der Waals surface area contributed by atoms with Crippen LogP contribution in [0.4, 0.5) is 0 Å². The van der Waals surface area contributed by atoms with Crippen LogP contribution in [-0.4, -0.2) is 17.2 Å². The second-order valence-corrected chi connectivity index (χ2v) is 3.91. The molecule has 3 nitrogen and oxygen atoms in total. The third-order valence-electron chi connectivity index (χ3n) is 2.79. The molecule has 0 fully saturated rings. The average molecular weight is 234 g/mol. The third-order valence-corrected chi connectivity index (χ3v) is 2.79. The van der Waals surface area contributed by atoms with Crippen molar-refractivity contribution in [3.63, 3.8) is 0 Å². The lowest BCUT2D eigenvalue weighted by atomic mass is 9.85. The lowest BCUT2D eigenvalue weighted by Gasteiger charge is -2.33. The Hall–Kier alpha value is -1.61. The summed E-state index contributed by atoms with van der Waals surface area (Å²) >= 11 is 0. The summed E-state index contributed by atoms with van der Waals surface area (Å²) in [5.41, 5.74) is -0.511. The van der Waals surface area contributed by atoms with E-state index in [-0.39, 0.29) is 0 Å². The molecule has 2 atom stereocenters. The molecule has 0 aromatic heterocycles. The Kier molecular flexibility index (Phi) is 4.46. The Morgan fingerprint density at radius 3 is 2.53 bits per heavy atom. The van der Waals surface area contributed by atoms with Gasteiger partial charge in [0.25, 0.3) is 0 Å². The van der Waals surface area contributed by atoms with E-state index in [0.717, 1.165) is 0 Å². The maximum atomic E-state index is 11.0. The van der Waals surface area contributed by atoms with Gasteiger partial charge < -0.3 is 9.84 Å². The van der Waals surface area contributed by atoms with Gasteiger partial charge in [-0.05, 0) is 18.1 Å². The summed E-state index contributed by atoms with van der Waals surface area (Å²) in [4.78, 5) is 11.0. The predicted molar refractivity (Wildman–Crippen MR) is 66.4 cm³/mol. The molecule has 0 saturated heterocycles. The van der Waals surface area contributed by atoms with Crippen LogP contribution >= 0.6 is 0 Å². The Bertz CT molecular complexity index is 386. The Balaban J connectivity index is 3.09. The lowest BCUT2D eigenvalue weighted by Crippen LogP contribution is -2.40. The van der Waals surface area contributed by atoms with Crippen molar-refractivity contribution < 1.29 is 14.6 Å². The van der Waals surface area contributed by atoms with E-state index in [2.05, 4.69) is 6.58 Å². The zero-order valence-corrected chi connectivity index (χ0v) is 10.2. The number of hydrogen-bond acceptors (Lipinski definition) is 3. The highest BCUT2D eigenvalue weighted by molar-refractivity contribution is 5.66. The highest BCUT2D eigenvalue weighted by atomic mass is 16.6. The topological polar surface area (TPSA) is 46.5 Å². The summed E-state index contributed by atoms with van der Waals surface area (Å²) < 4.78 is 5.10. The molecule has 0 aliphatic heterocycles. The molecule has 0 bridgehead atoms. The van der Waals surface area contributed by atoms with Crippen molar-refractivity contribution in [2.75, 3.05) is 0 Å². The van der Waals surface area contributed by atoms with Gasteiger partial charge >= 0.3 is 5.97 Å². The summed E-state index contributed by atoms with van der Waals surface area (Å²) in [5.74, 6) is -0.433. The Morgan fingerprint density at radius 1 is 1.53 bits per heavy atom. The molecule has 0 spiro atoms. The first-order valence-electron chi connectivity index (χ1n) is 5.62. The summed E-state index contributed by atoms with van der Waals surface area (Å²) in [5, 5.41) is 10.7. The van der Waals surface area contributed by atoms with Crippen molar-refractivity contribution in [2.24, 2.45) is 0 Å². The molecule has 3 heteroatoms. The van der Waals surface area contributed by atoms with Gasteiger partial charge in [-0.1, -0.05) is 43.8 Å². The minimum atomic E-state index is -1.23. The number of aliphatic hydroxyl groups is 1. The van der Waals surface area contributed by atoms with Gasteiger partial charge in [-0.3, -0.25) is 4.79 Å². The van der Waals surface area contributed by atoms with Crippen molar-refractivity contribution in [1.29, 1.82) is 0 Å². The average Bonchev–Trinajstić information content (AvgIpc) is 2.35. The zero-order chi connectivity index (χ0) is 12.9. The normalized spacial score (nSPS) is 15.7. The summed E-state index contributed by atoms with van der Waals surface area (Å²) in [6.45, 7) is 6.77. The summed E-state index contributed by atoms with van der Waals surface area (Å²) in [6.07, 6.45) is 1.14. The van der Waals surface area contributed by atoms with Crippen molar-refractivity contribution in [3.05, 3.63) is 48.6 Å². The molecule has 0 amide bonds. The van der Waals surface area contributed by atoms with Crippen LogP contribution in [0.5, 0.6) is 0 Å². The van der Waals surface area contributed by atoms with E-state index in [0.29, 0.717) is 12.0 Å². The van der Waals surface area contributed by atoms with E-state index in [4.69, 9.17) is 4.74 Å². The highest BCUT2D eigenvalue weighted by Gasteiger charge is 2.37. The molecule has 92 valence electrons. The second kappa shape index (κ2) is 5.64. The molecule has 0 aliphatic carbocycles. The van der Waals surface area contributed by atoms with E-state index in [1.54, 1.807) is 0 Å². The molecule has 1 rings (SSSR count). The van der Waals surface area contributed by atoms with E-state index in [1.165, 1.54) is 13.0 Å². The first-order chi connectivity index (χ1) is 8.04. The molecule has 1 N–H and O–H groups in total. The van der Waals surface area contributed by atoms with E-state index < -0.39 is 17.7 Å². The van der Waals surface area contributed by atoms with Crippen LogP contribution in [0.2, 0.25) is 0 Å². The van der Waals surface area contributed by atoms with Crippen LogP contribution < -0.4 is 0 Å². The smallest absolute Gasteiger partial charge is 0.303 e. The fourth-order valence-corrected chi connectivity index (χ4v) is 1.82. The number of carbonyl (C=O) groups is 1. The first-order valence-corrected chi connectivity index (χ1v) is 5.62. The third kappa shape index (κ3) is 2.94. The monoisotopic (exact) mass is 234 g/mol. The fraction of sp³-hybridized carbons (Fsp3) is 0.357. The number of esters is 1. The summed E-state index contributed by atoms with van der Waals surface area (Å²) in [7, 11) is 0. The number of hydrogen-bond donors (Lipinski definition) is 1. The molecule has 1 aromatic carbocycles. The van der Waals surface area contributed by atoms with Gasteiger partial charge in [0.1, 0.15) is 5.60 Å². The largest absolute Gasteiger partial charge is 0.455 e. The minimum absolute atomic E-state index is 0.432. The standard InChI is InChI=1S/C14H18O3/c1-4-13(17-11(3)15)14(16,5-2)12-9-7-6-8-10-12/h4,6-10,13,16H,1,5H2,2-3H3/t13-,14-/m1/s1.